The molecule has 0 unspecified atom stereocenters. The second kappa shape index (κ2) is 9.26. The average Bonchev–Trinajstić information content (AvgIpc) is 3.33. The van der Waals surface area contributed by atoms with Crippen LogP contribution in [0.15, 0.2) is 48.5 Å². The molecule has 1 fully saturated rings. The van der Waals surface area contributed by atoms with Crippen LogP contribution in [0, 0.1) is 0 Å². The van der Waals surface area contributed by atoms with Gasteiger partial charge in [0.15, 0.2) is 0 Å². The molecule has 1 saturated heterocycles. The number of H-pyrrole nitrogens is 1. The van der Waals surface area contributed by atoms with Gasteiger partial charge in [0.25, 0.3) is 5.92 Å². The summed E-state index contributed by atoms with van der Waals surface area (Å²) in [6.07, 6.45) is 2.02. The molecule has 1 aromatic heterocycles. The van der Waals surface area contributed by atoms with Gasteiger partial charge in [-0.15, -0.1) is 0 Å². The minimum Gasteiger partial charge on any atom is -0.455 e. The Balaban J connectivity index is 0.000000157. The van der Waals surface area contributed by atoms with E-state index in [9.17, 15) is 13.6 Å². The summed E-state index contributed by atoms with van der Waals surface area (Å²) in [5.74, 6) is -2.37. The first-order valence-electron chi connectivity index (χ1n) is 11.6. The van der Waals surface area contributed by atoms with Gasteiger partial charge in [-0.2, -0.15) is 0 Å². The maximum atomic E-state index is 13.5. The lowest BCUT2D eigenvalue weighted by Gasteiger charge is -2.25. The fourth-order valence-electron chi connectivity index (χ4n) is 4.67. The highest BCUT2D eigenvalue weighted by molar-refractivity contribution is 5.94. The number of nitrogens with one attached hydrogen (secondary N) is 2. The molecule has 1 aliphatic carbocycles. The largest absolute Gasteiger partial charge is 0.455 e. The highest BCUT2D eigenvalue weighted by Crippen LogP contribution is 2.40. The predicted octanol–water partition coefficient (Wildman–Crippen LogP) is 6.01. The molecule has 0 saturated carbocycles. The lowest BCUT2D eigenvalue weighted by molar-refractivity contribution is 0.00624. The Bertz CT molecular complexity index is 1090. The van der Waals surface area contributed by atoms with Gasteiger partial charge in [0.1, 0.15) is 11.3 Å². The quantitative estimate of drug-likeness (QED) is 0.466. The number of benzene rings is 2. The summed E-state index contributed by atoms with van der Waals surface area (Å²) in [6.45, 7) is 7.57. The van der Waals surface area contributed by atoms with Crippen molar-refractivity contribution in [2.45, 2.75) is 63.9 Å². The maximum absolute atomic E-state index is 13.5. The Hall–Kier alpha value is -2.73. The molecule has 4 nitrogen and oxygen atoms in total. The van der Waals surface area contributed by atoms with Crippen molar-refractivity contribution < 1.29 is 18.3 Å². The summed E-state index contributed by atoms with van der Waals surface area (Å²) in [5.41, 5.74) is 3.96. The fourth-order valence-corrected chi connectivity index (χ4v) is 4.67. The molecule has 3 aromatic rings. The van der Waals surface area contributed by atoms with Crippen molar-refractivity contribution in [1.29, 1.82) is 0 Å². The van der Waals surface area contributed by atoms with Crippen LogP contribution in [-0.4, -0.2) is 35.6 Å². The molecule has 5 rings (SSSR count). The van der Waals surface area contributed by atoms with E-state index in [1.807, 2.05) is 63.2 Å². The Labute approximate surface area is 193 Å². The number of rotatable bonds is 2. The van der Waals surface area contributed by atoms with Crippen molar-refractivity contribution in [1.82, 2.24) is 10.3 Å². The molecule has 0 amide bonds. The third-order valence-electron chi connectivity index (χ3n) is 6.12. The molecule has 2 aromatic carbocycles. The summed E-state index contributed by atoms with van der Waals surface area (Å²) < 4.78 is 32.2. The van der Waals surface area contributed by atoms with Gasteiger partial charge in [-0.1, -0.05) is 36.4 Å². The third-order valence-corrected chi connectivity index (χ3v) is 6.12. The summed E-state index contributed by atoms with van der Waals surface area (Å²) in [6, 6.07) is 15.4. The van der Waals surface area contributed by atoms with Gasteiger partial charge < -0.3 is 15.0 Å². The Morgan fingerprint density at radius 2 is 1.76 bits per heavy atom. The molecule has 2 heterocycles. The second-order valence-corrected chi connectivity index (χ2v) is 9.99. The minimum absolute atomic E-state index is 0.0531. The summed E-state index contributed by atoms with van der Waals surface area (Å²) in [4.78, 5) is 14.8. The smallest absolute Gasteiger partial charge is 0.355 e. The summed E-state index contributed by atoms with van der Waals surface area (Å²) in [5, 5.41) is 4.34. The van der Waals surface area contributed by atoms with Crippen LogP contribution in [-0.2, 0) is 17.6 Å². The van der Waals surface area contributed by atoms with Crippen LogP contribution in [0.5, 0.6) is 0 Å². The first-order valence-corrected chi connectivity index (χ1v) is 11.6. The first kappa shape index (κ1) is 23.4. The molecule has 2 N–H and O–H groups in total. The average molecular weight is 455 g/mol. The fraction of sp³-hybridized carbons (Fsp3) is 0.444. The minimum atomic E-state index is -2.52. The zero-order valence-corrected chi connectivity index (χ0v) is 19.5. The Morgan fingerprint density at radius 3 is 2.45 bits per heavy atom. The number of esters is 1. The number of carbonyl (C=O) groups is 1. The molecule has 6 heteroatoms. The van der Waals surface area contributed by atoms with E-state index in [2.05, 4.69) is 16.4 Å². The van der Waals surface area contributed by atoms with Crippen molar-refractivity contribution in [3.63, 3.8) is 0 Å². The van der Waals surface area contributed by atoms with Gasteiger partial charge in [-0.05, 0) is 81.4 Å². The highest BCUT2D eigenvalue weighted by atomic mass is 19.3. The first-order chi connectivity index (χ1) is 15.6. The molecule has 2 aliphatic rings. The number of fused-ring (bicyclic) bond motifs is 2. The van der Waals surface area contributed by atoms with Gasteiger partial charge in [0.2, 0.25) is 0 Å². The van der Waals surface area contributed by atoms with Crippen LogP contribution in [0.25, 0.3) is 10.9 Å². The number of hydrogen-bond acceptors (Lipinski definition) is 3. The van der Waals surface area contributed by atoms with Gasteiger partial charge >= 0.3 is 5.97 Å². The lowest BCUT2D eigenvalue weighted by Crippen LogP contribution is -2.27. The molecule has 0 atom stereocenters. The normalized spacial score (nSPS) is 17.8. The van der Waals surface area contributed by atoms with Crippen LogP contribution < -0.4 is 5.32 Å². The molecular weight excluding hydrogens is 422 g/mol. The van der Waals surface area contributed by atoms with E-state index in [-0.39, 0.29) is 18.8 Å². The van der Waals surface area contributed by atoms with E-state index >= 15 is 0 Å². The summed E-state index contributed by atoms with van der Waals surface area (Å²) in [7, 11) is 0. The van der Waals surface area contributed by atoms with Crippen LogP contribution >= 0.6 is 0 Å². The molecule has 0 bridgehead atoms. The standard InChI is InChI=1S/C14H17F2N.C13H15NO2/c15-14(16)8-11-2-1-3-12(13(11)9-14)10-4-6-17-7-5-10;1-13(2,3)16-12(15)11-8-9-6-4-5-7-10(9)14-11/h1-3,10,17H,4-9H2;4-8,14H,1-3H3. The van der Waals surface area contributed by atoms with Gasteiger partial charge in [0, 0.05) is 23.7 Å². The molecule has 0 spiro atoms. The number of ether oxygens (including phenoxy) is 1. The number of carbonyl (C=O) groups excluding carboxylic acids is 1. The van der Waals surface area contributed by atoms with E-state index in [4.69, 9.17) is 4.74 Å². The van der Waals surface area contributed by atoms with E-state index in [1.54, 1.807) is 0 Å². The number of para-hydroxylation sites is 1. The third kappa shape index (κ3) is 5.80. The van der Waals surface area contributed by atoms with E-state index < -0.39 is 11.5 Å². The van der Waals surface area contributed by atoms with Crippen molar-refractivity contribution >= 4 is 16.9 Å². The van der Waals surface area contributed by atoms with Crippen molar-refractivity contribution in [3.05, 3.63) is 70.9 Å². The number of alkyl halides is 2. The van der Waals surface area contributed by atoms with Gasteiger partial charge in [-0.3, -0.25) is 0 Å². The number of hydrogen-bond donors (Lipinski definition) is 2. The Kier molecular flexibility index (Phi) is 6.57. The maximum Gasteiger partial charge on any atom is 0.355 e. The molecule has 1 aliphatic heterocycles. The molecule has 176 valence electrons. The zero-order chi connectivity index (χ0) is 23.6. The number of piperidine rings is 1. The SMILES string of the molecule is CC(C)(C)OC(=O)c1cc2ccccc2[nH]1.FC1(F)Cc2cccc(C3CCNCC3)c2C1. The van der Waals surface area contributed by atoms with Gasteiger partial charge in [0.05, 0.1) is 0 Å². The van der Waals surface area contributed by atoms with Crippen LogP contribution in [0.1, 0.15) is 66.7 Å². The Morgan fingerprint density at radius 1 is 1.03 bits per heavy atom. The summed E-state index contributed by atoms with van der Waals surface area (Å²) >= 11 is 0. The number of aromatic nitrogens is 1. The zero-order valence-electron chi connectivity index (χ0n) is 19.5. The van der Waals surface area contributed by atoms with Crippen LogP contribution in [0.4, 0.5) is 8.78 Å². The second-order valence-electron chi connectivity index (χ2n) is 9.99. The molecule has 33 heavy (non-hydrogen) atoms. The highest BCUT2D eigenvalue weighted by Gasteiger charge is 2.39. The molecule has 0 radical (unpaired) electrons. The van der Waals surface area contributed by atoms with Crippen molar-refractivity contribution in [2.75, 3.05) is 13.1 Å². The van der Waals surface area contributed by atoms with Crippen LogP contribution in [0.2, 0.25) is 0 Å². The van der Waals surface area contributed by atoms with Gasteiger partial charge in [-0.25, -0.2) is 13.6 Å². The topological polar surface area (TPSA) is 54.1 Å². The van der Waals surface area contributed by atoms with E-state index in [1.165, 1.54) is 5.56 Å². The number of halogens is 2. The van der Waals surface area contributed by atoms with E-state index in [0.29, 0.717) is 11.6 Å². The van der Waals surface area contributed by atoms with Crippen LogP contribution in [0.3, 0.4) is 0 Å². The lowest BCUT2D eigenvalue weighted by atomic mass is 9.86. The number of aromatic amines is 1. The predicted molar refractivity (Wildman–Crippen MR) is 127 cm³/mol. The van der Waals surface area contributed by atoms with E-state index in [0.717, 1.165) is 48.0 Å². The monoisotopic (exact) mass is 454 g/mol. The van der Waals surface area contributed by atoms with Crippen molar-refractivity contribution in [3.8, 4) is 0 Å². The van der Waals surface area contributed by atoms with Crippen molar-refractivity contribution in [2.24, 2.45) is 0 Å². The molecular formula is C27H32F2N2O2.